The zero-order valence-electron chi connectivity index (χ0n) is 28.7. The Hall–Kier alpha value is -6.26. The molecule has 0 atom stereocenters. The van der Waals surface area contributed by atoms with Crippen LogP contribution in [0.1, 0.15) is 0 Å². The minimum atomic E-state index is 1.13. The predicted octanol–water partition coefficient (Wildman–Crippen LogP) is 15.5. The Labute approximate surface area is 315 Å². The molecule has 2 heterocycles. The van der Waals surface area contributed by atoms with Gasteiger partial charge in [0.15, 0.2) is 0 Å². The third-order valence-corrected chi connectivity index (χ3v) is 13.1. The van der Waals surface area contributed by atoms with Crippen LogP contribution in [0.5, 0.6) is 0 Å². The number of hydrogen-bond donors (Lipinski definition) is 0. The highest BCUT2D eigenvalue weighted by Gasteiger charge is 2.21. The smallest absolute Gasteiger partial charge is 0.0640 e. The lowest BCUT2D eigenvalue weighted by molar-refractivity contribution is 1.31. The zero-order chi connectivity index (χ0) is 34.9. The molecule has 3 heteroatoms. The maximum atomic E-state index is 2.46. The SMILES string of the molecule is c1ccc(-c2cccc3c2sc2c(N(c4ccc(-c5cc6ccccc6c6ccccc56)cc4)c4ccc5c(c4)sc4ccccc45)cccc23)cc1. The second kappa shape index (κ2) is 12.2. The highest BCUT2D eigenvalue weighted by Crippen LogP contribution is 2.48. The fourth-order valence-electron chi connectivity index (χ4n) is 8.19. The second-order valence-electron chi connectivity index (χ2n) is 13.7. The highest BCUT2D eigenvalue weighted by molar-refractivity contribution is 7.27. The molecular weight excluding hydrogens is 679 g/mol. The first-order valence-corrected chi connectivity index (χ1v) is 19.6. The lowest BCUT2D eigenvalue weighted by Crippen LogP contribution is -2.10. The Morgan fingerprint density at radius 3 is 1.79 bits per heavy atom. The van der Waals surface area contributed by atoms with Crippen LogP contribution in [0.4, 0.5) is 17.1 Å². The van der Waals surface area contributed by atoms with Crippen molar-refractivity contribution >= 4 is 102 Å². The van der Waals surface area contributed by atoms with E-state index in [4.69, 9.17) is 0 Å². The van der Waals surface area contributed by atoms with Crippen molar-refractivity contribution in [2.45, 2.75) is 0 Å². The van der Waals surface area contributed by atoms with Crippen molar-refractivity contribution in [3.05, 3.63) is 188 Å². The van der Waals surface area contributed by atoms with E-state index in [-0.39, 0.29) is 0 Å². The first-order valence-electron chi connectivity index (χ1n) is 18.0. The molecule has 0 spiro atoms. The Morgan fingerprint density at radius 2 is 0.943 bits per heavy atom. The van der Waals surface area contributed by atoms with Gasteiger partial charge in [-0.25, -0.2) is 0 Å². The molecule has 2 aromatic heterocycles. The first-order chi connectivity index (χ1) is 26.3. The van der Waals surface area contributed by atoms with E-state index in [9.17, 15) is 0 Å². The molecule has 0 radical (unpaired) electrons. The van der Waals surface area contributed by atoms with Gasteiger partial charge in [-0.3, -0.25) is 0 Å². The van der Waals surface area contributed by atoms with E-state index in [2.05, 4.69) is 193 Å². The van der Waals surface area contributed by atoms with E-state index >= 15 is 0 Å². The van der Waals surface area contributed by atoms with Gasteiger partial charge in [0.25, 0.3) is 0 Å². The van der Waals surface area contributed by atoms with Gasteiger partial charge in [0.2, 0.25) is 0 Å². The Bertz CT molecular complexity index is 3170. The maximum absolute atomic E-state index is 2.46. The van der Waals surface area contributed by atoms with E-state index in [1.807, 2.05) is 22.7 Å². The average Bonchev–Trinajstić information content (AvgIpc) is 3.80. The van der Waals surface area contributed by atoms with Crippen LogP contribution in [0, 0.1) is 0 Å². The Balaban J connectivity index is 1.12. The molecule has 1 nitrogen and oxygen atoms in total. The minimum Gasteiger partial charge on any atom is -0.309 e. The van der Waals surface area contributed by atoms with Crippen LogP contribution in [-0.2, 0) is 0 Å². The number of anilines is 3. The van der Waals surface area contributed by atoms with E-state index < -0.39 is 0 Å². The fourth-order valence-corrected chi connectivity index (χ4v) is 10.7. The van der Waals surface area contributed by atoms with Crippen molar-refractivity contribution in [2.75, 3.05) is 4.90 Å². The second-order valence-corrected chi connectivity index (χ2v) is 15.8. The topological polar surface area (TPSA) is 3.24 Å². The minimum absolute atomic E-state index is 1.13. The third-order valence-electron chi connectivity index (χ3n) is 10.7. The number of benzene rings is 9. The van der Waals surface area contributed by atoms with Crippen molar-refractivity contribution in [2.24, 2.45) is 0 Å². The van der Waals surface area contributed by atoms with Crippen molar-refractivity contribution in [1.29, 1.82) is 0 Å². The van der Waals surface area contributed by atoms with Gasteiger partial charge < -0.3 is 4.90 Å². The monoisotopic (exact) mass is 709 g/mol. The maximum Gasteiger partial charge on any atom is 0.0640 e. The van der Waals surface area contributed by atoms with E-state index in [0.717, 1.165) is 11.4 Å². The molecule has 53 heavy (non-hydrogen) atoms. The molecule has 0 bridgehead atoms. The standard InChI is InChI=1S/C50H31NS2/c1-2-12-32(13-3-1)38-19-10-20-43-44-21-11-22-46(50(44)53-49(38)43)51(36-28-29-42-41-18-8-9-23-47(41)52-48(42)31-36)35-26-24-33(25-27-35)45-30-34-14-4-5-15-37(34)39-16-6-7-17-40(39)45/h1-31H. The van der Waals surface area contributed by atoms with Crippen LogP contribution in [0.15, 0.2) is 188 Å². The summed E-state index contributed by atoms with van der Waals surface area (Å²) in [6.07, 6.45) is 0. The summed E-state index contributed by atoms with van der Waals surface area (Å²) >= 11 is 3.77. The van der Waals surface area contributed by atoms with Crippen LogP contribution in [0.3, 0.4) is 0 Å². The molecular formula is C50H31NS2. The molecule has 0 aliphatic rings. The number of nitrogens with zero attached hydrogens (tertiary/aromatic N) is 1. The number of fused-ring (bicyclic) bond motifs is 9. The molecule has 0 aliphatic carbocycles. The fraction of sp³-hybridized carbons (Fsp3) is 0. The molecule has 0 unspecified atom stereocenters. The highest BCUT2D eigenvalue weighted by atomic mass is 32.1. The van der Waals surface area contributed by atoms with Crippen LogP contribution in [0.2, 0.25) is 0 Å². The van der Waals surface area contributed by atoms with Gasteiger partial charge in [-0.05, 0) is 86.3 Å². The van der Waals surface area contributed by atoms with Gasteiger partial charge in [-0.15, -0.1) is 22.7 Å². The van der Waals surface area contributed by atoms with E-state index in [1.165, 1.54) is 89.8 Å². The summed E-state index contributed by atoms with van der Waals surface area (Å²) in [6.45, 7) is 0. The zero-order valence-corrected chi connectivity index (χ0v) is 30.3. The van der Waals surface area contributed by atoms with Gasteiger partial charge in [0, 0.05) is 47.0 Å². The number of thiophene rings is 2. The summed E-state index contributed by atoms with van der Waals surface area (Å²) in [6, 6.07) is 69.1. The quantitative estimate of drug-likeness (QED) is 0.161. The molecule has 11 rings (SSSR count). The third kappa shape index (κ3) is 4.89. The molecule has 11 aromatic rings. The van der Waals surface area contributed by atoms with Gasteiger partial charge in [-0.2, -0.15) is 0 Å². The summed E-state index contributed by atoms with van der Waals surface area (Å²) in [5, 5.41) is 10.3. The van der Waals surface area contributed by atoms with E-state index in [1.54, 1.807) is 0 Å². The van der Waals surface area contributed by atoms with Crippen molar-refractivity contribution in [3.63, 3.8) is 0 Å². The Kier molecular flexibility index (Phi) is 6.97. The van der Waals surface area contributed by atoms with Crippen LogP contribution >= 0.6 is 22.7 Å². The summed E-state index contributed by atoms with van der Waals surface area (Å²) in [5.74, 6) is 0. The molecule has 248 valence electrons. The Morgan fingerprint density at radius 1 is 0.321 bits per heavy atom. The first kappa shape index (κ1) is 30.4. The lowest BCUT2D eigenvalue weighted by atomic mass is 9.93. The lowest BCUT2D eigenvalue weighted by Gasteiger charge is -2.26. The van der Waals surface area contributed by atoms with Gasteiger partial charge in [0.05, 0.1) is 10.4 Å². The summed E-state index contributed by atoms with van der Waals surface area (Å²) < 4.78 is 5.22. The summed E-state index contributed by atoms with van der Waals surface area (Å²) in [7, 11) is 0. The average molecular weight is 710 g/mol. The molecule has 0 N–H and O–H groups in total. The largest absolute Gasteiger partial charge is 0.309 e. The molecule has 0 saturated heterocycles. The van der Waals surface area contributed by atoms with Crippen LogP contribution in [0.25, 0.3) is 84.1 Å². The number of rotatable bonds is 5. The summed E-state index contributed by atoms with van der Waals surface area (Å²) in [5.41, 5.74) is 8.46. The normalized spacial score (nSPS) is 11.8. The van der Waals surface area contributed by atoms with Crippen molar-refractivity contribution in [1.82, 2.24) is 0 Å². The van der Waals surface area contributed by atoms with Crippen molar-refractivity contribution in [3.8, 4) is 22.3 Å². The van der Waals surface area contributed by atoms with Crippen molar-refractivity contribution < 1.29 is 0 Å². The predicted molar refractivity (Wildman–Crippen MR) is 233 cm³/mol. The molecule has 0 aliphatic heterocycles. The van der Waals surface area contributed by atoms with Gasteiger partial charge in [0.1, 0.15) is 0 Å². The van der Waals surface area contributed by atoms with Crippen LogP contribution < -0.4 is 4.90 Å². The molecule has 9 aromatic carbocycles. The number of hydrogen-bond acceptors (Lipinski definition) is 3. The van der Waals surface area contributed by atoms with Gasteiger partial charge in [-0.1, -0.05) is 146 Å². The van der Waals surface area contributed by atoms with Gasteiger partial charge >= 0.3 is 0 Å². The summed E-state index contributed by atoms with van der Waals surface area (Å²) in [4.78, 5) is 2.46. The molecule has 0 saturated carbocycles. The molecule has 0 amide bonds. The van der Waals surface area contributed by atoms with E-state index in [0.29, 0.717) is 0 Å². The molecule has 0 fully saturated rings. The van der Waals surface area contributed by atoms with Crippen LogP contribution in [-0.4, -0.2) is 0 Å².